The number of rotatable bonds is 5. The van der Waals surface area contributed by atoms with Gasteiger partial charge in [-0.2, -0.15) is 5.10 Å². The second kappa shape index (κ2) is 7.39. The van der Waals surface area contributed by atoms with Crippen molar-refractivity contribution in [2.45, 2.75) is 45.7 Å². The Labute approximate surface area is 164 Å². The number of nitrogens with zero attached hydrogens (tertiary/aromatic N) is 4. The molecule has 7 nitrogen and oxygen atoms in total. The molecule has 0 spiro atoms. The molecule has 0 bridgehead atoms. The number of hydrogen-bond donors (Lipinski definition) is 1. The van der Waals surface area contributed by atoms with E-state index in [9.17, 15) is 9.59 Å². The molecule has 0 unspecified atom stereocenters. The largest absolute Gasteiger partial charge is 0.396 e. The maximum Gasteiger partial charge on any atom is 0.230 e. The van der Waals surface area contributed by atoms with Crippen LogP contribution < -0.4 is 9.80 Å². The zero-order valence-electron chi connectivity index (χ0n) is 16.3. The van der Waals surface area contributed by atoms with Gasteiger partial charge in [0.1, 0.15) is 0 Å². The molecule has 1 atom stereocenters. The fourth-order valence-corrected chi connectivity index (χ4v) is 3.91. The Morgan fingerprint density at radius 3 is 2.68 bits per heavy atom. The number of carbonyl (C=O) groups excluding carboxylic acids is 2. The smallest absolute Gasteiger partial charge is 0.230 e. The zero-order valence-corrected chi connectivity index (χ0v) is 16.3. The van der Waals surface area contributed by atoms with Gasteiger partial charge in [-0.3, -0.25) is 14.3 Å². The molecule has 1 saturated carbocycles. The van der Waals surface area contributed by atoms with Gasteiger partial charge in [0.15, 0.2) is 0 Å². The first-order chi connectivity index (χ1) is 13.5. The third kappa shape index (κ3) is 3.42. The number of benzene rings is 1. The quantitative estimate of drug-likeness (QED) is 0.861. The van der Waals surface area contributed by atoms with Gasteiger partial charge in [0.25, 0.3) is 0 Å². The van der Waals surface area contributed by atoms with Gasteiger partial charge in [-0.15, -0.1) is 0 Å². The van der Waals surface area contributed by atoms with Crippen LogP contribution in [0.3, 0.4) is 0 Å². The summed E-state index contributed by atoms with van der Waals surface area (Å²) >= 11 is 0. The third-order valence-corrected chi connectivity index (χ3v) is 5.46. The molecule has 1 aliphatic carbocycles. The molecule has 7 heteroatoms. The SMILES string of the molecule is CC(=O)N1c2ccc(-c3cnn(CCCO)c3)cc2N(C(=O)C2CC2)C[C@@H]1C. The monoisotopic (exact) mass is 382 g/mol. The highest BCUT2D eigenvalue weighted by Crippen LogP contribution is 2.41. The van der Waals surface area contributed by atoms with Crippen molar-refractivity contribution in [2.24, 2.45) is 5.92 Å². The molecule has 148 valence electrons. The summed E-state index contributed by atoms with van der Waals surface area (Å²) in [7, 11) is 0. The number of aryl methyl sites for hydroxylation is 1. The van der Waals surface area contributed by atoms with Crippen molar-refractivity contribution >= 4 is 23.2 Å². The van der Waals surface area contributed by atoms with Gasteiger partial charge in [-0.1, -0.05) is 6.07 Å². The predicted octanol–water partition coefficient (Wildman–Crippen LogP) is 2.43. The fraction of sp³-hybridized carbons (Fsp3) is 0.476. The number of aliphatic hydroxyl groups is 1. The Kier molecular flexibility index (Phi) is 4.93. The molecule has 4 rings (SSSR count). The molecule has 1 N–H and O–H groups in total. The van der Waals surface area contributed by atoms with E-state index < -0.39 is 0 Å². The normalized spacial score (nSPS) is 18.9. The van der Waals surface area contributed by atoms with Crippen LogP contribution in [0.15, 0.2) is 30.6 Å². The molecular weight excluding hydrogens is 356 g/mol. The average Bonchev–Trinajstić information content (AvgIpc) is 3.42. The summed E-state index contributed by atoms with van der Waals surface area (Å²) in [4.78, 5) is 28.8. The number of aromatic nitrogens is 2. The molecular formula is C21H26N4O3. The van der Waals surface area contributed by atoms with Crippen LogP contribution in [0.25, 0.3) is 11.1 Å². The maximum atomic E-state index is 12.9. The van der Waals surface area contributed by atoms with E-state index in [4.69, 9.17) is 5.11 Å². The summed E-state index contributed by atoms with van der Waals surface area (Å²) in [5.41, 5.74) is 3.50. The van der Waals surface area contributed by atoms with Gasteiger partial charge in [0.05, 0.1) is 23.6 Å². The fourth-order valence-electron chi connectivity index (χ4n) is 3.91. The summed E-state index contributed by atoms with van der Waals surface area (Å²) < 4.78 is 1.81. The lowest BCUT2D eigenvalue weighted by Gasteiger charge is -2.41. The van der Waals surface area contributed by atoms with Gasteiger partial charge in [-0.25, -0.2) is 0 Å². The highest BCUT2D eigenvalue weighted by atomic mass is 16.3. The lowest BCUT2D eigenvalue weighted by atomic mass is 10.0. The van der Waals surface area contributed by atoms with Crippen molar-refractivity contribution in [3.8, 4) is 11.1 Å². The van der Waals surface area contributed by atoms with Crippen molar-refractivity contribution in [2.75, 3.05) is 23.0 Å². The van der Waals surface area contributed by atoms with Crippen molar-refractivity contribution in [1.29, 1.82) is 0 Å². The molecule has 2 aliphatic rings. The van der Waals surface area contributed by atoms with E-state index in [1.165, 1.54) is 0 Å². The van der Waals surface area contributed by atoms with E-state index in [2.05, 4.69) is 5.10 Å². The number of aliphatic hydroxyl groups excluding tert-OH is 1. The topological polar surface area (TPSA) is 78.7 Å². The Morgan fingerprint density at radius 2 is 2.00 bits per heavy atom. The first-order valence-electron chi connectivity index (χ1n) is 9.88. The van der Waals surface area contributed by atoms with E-state index in [0.717, 1.165) is 35.3 Å². The van der Waals surface area contributed by atoms with Crippen LogP contribution >= 0.6 is 0 Å². The molecule has 28 heavy (non-hydrogen) atoms. The standard InChI is InChI=1S/C21H26N4O3/c1-14-12-24(21(28)16-4-5-16)20-10-17(6-7-19(20)25(14)15(2)27)18-11-22-23(13-18)8-3-9-26/h6-7,10-11,13-14,16,26H,3-5,8-9,12H2,1-2H3/t14-/m0/s1. The first kappa shape index (κ1) is 18.7. The van der Waals surface area contributed by atoms with E-state index in [0.29, 0.717) is 19.5 Å². The minimum atomic E-state index is -0.0558. The van der Waals surface area contributed by atoms with Crippen molar-refractivity contribution in [3.05, 3.63) is 30.6 Å². The lowest BCUT2D eigenvalue weighted by Crippen LogP contribution is -2.51. The van der Waals surface area contributed by atoms with Crippen molar-refractivity contribution in [3.63, 3.8) is 0 Å². The summed E-state index contributed by atoms with van der Waals surface area (Å²) in [6.45, 7) is 4.85. The number of anilines is 2. The molecule has 2 aromatic rings. The molecule has 0 radical (unpaired) electrons. The first-order valence-corrected chi connectivity index (χ1v) is 9.88. The molecule has 2 heterocycles. The molecule has 1 aromatic heterocycles. The van der Waals surface area contributed by atoms with Crippen LogP contribution in [0.1, 0.15) is 33.1 Å². The molecule has 0 saturated heterocycles. The average molecular weight is 382 g/mol. The second-order valence-corrected chi connectivity index (χ2v) is 7.73. The predicted molar refractivity (Wildman–Crippen MR) is 107 cm³/mol. The number of fused-ring (bicyclic) bond motifs is 1. The highest BCUT2D eigenvalue weighted by molar-refractivity contribution is 6.06. The van der Waals surface area contributed by atoms with Crippen LogP contribution in [-0.2, 0) is 16.1 Å². The lowest BCUT2D eigenvalue weighted by molar-refractivity contribution is -0.120. The number of amides is 2. The molecule has 2 amide bonds. The van der Waals surface area contributed by atoms with E-state index in [1.54, 1.807) is 18.0 Å². The van der Waals surface area contributed by atoms with Crippen LogP contribution in [-0.4, -0.2) is 45.9 Å². The molecule has 1 aromatic carbocycles. The Balaban J connectivity index is 1.72. The minimum Gasteiger partial charge on any atom is -0.396 e. The van der Waals surface area contributed by atoms with Gasteiger partial charge in [0, 0.05) is 44.3 Å². The van der Waals surface area contributed by atoms with Crippen LogP contribution in [0, 0.1) is 5.92 Å². The van der Waals surface area contributed by atoms with Gasteiger partial charge in [0.2, 0.25) is 11.8 Å². The van der Waals surface area contributed by atoms with Crippen molar-refractivity contribution in [1.82, 2.24) is 9.78 Å². The van der Waals surface area contributed by atoms with Gasteiger partial charge >= 0.3 is 0 Å². The Bertz CT molecular complexity index is 903. The minimum absolute atomic E-state index is 0.0168. The summed E-state index contributed by atoms with van der Waals surface area (Å²) in [5.74, 6) is 0.262. The van der Waals surface area contributed by atoms with E-state index >= 15 is 0 Å². The number of carbonyl (C=O) groups is 2. The van der Waals surface area contributed by atoms with Crippen LogP contribution in [0.2, 0.25) is 0 Å². The number of hydrogen-bond acceptors (Lipinski definition) is 4. The van der Waals surface area contributed by atoms with Gasteiger partial charge in [-0.05, 0) is 43.9 Å². The van der Waals surface area contributed by atoms with Crippen LogP contribution in [0.5, 0.6) is 0 Å². The van der Waals surface area contributed by atoms with E-state index in [-0.39, 0.29) is 30.4 Å². The summed E-state index contributed by atoms with van der Waals surface area (Å²) in [5, 5.41) is 13.3. The highest BCUT2D eigenvalue weighted by Gasteiger charge is 2.39. The van der Waals surface area contributed by atoms with Crippen molar-refractivity contribution < 1.29 is 14.7 Å². The van der Waals surface area contributed by atoms with Gasteiger partial charge < -0.3 is 14.9 Å². The van der Waals surface area contributed by atoms with E-state index in [1.807, 2.05) is 40.9 Å². The summed E-state index contributed by atoms with van der Waals surface area (Å²) in [6.07, 6.45) is 6.29. The third-order valence-electron chi connectivity index (χ3n) is 5.46. The Hall–Kier alpha value is -2.67. The maximum absolute atomic E-state index is 12.9. The van der Waals surface area contributed by atoms with Crippen LogP contribution in [0.4, 0.5) is 11.4 Å². The second-order valence-electron chi connectivity index (χ2n) is 7.73. The zero-order chi connectivity index (χ0) is 19.8. The Morgan fingerprint density at radius 1 is 1.21 bits per heavy atom. The summed E-state index contributed by atoms with van der Waals surface area (Å²) in [6, 6.07) is 5.84. The molecule has 1 fully saturated rings. The molecule has 1 aliphatic heterocycles.